The van der Waals surface area contributed by atoms with Crippen LogP contribution in [0.15, 0.2) is 48.5 Å². The molecule has 2 aromatic carbocycles. The number of halogens is 1. The molecule has 0 saturated heterocycles. The van der Waals surface area contributed by atoms with E-state index in [9.17, 15) is 0 Å². The van der Waals surface area contributed by atoms with E-state index in [0.29, 0.717) is 12.1 Å². The average molecular weight is 271 g/mol. The van der Waals surface area contributed by atoms with Crippen molar-refractivity contribution in [2.75, 3.05) is 6.54 Å². The number of nitrogens with two attached hydrogens (primary N) is 1. The van der Waals surface area contributed by atoms with Crippen molar-refractivity contribution in [3.8, 4) is 6.07 Å². The van der Waals surface area contributed by atoms with Gasteiger partial charge in [0.15, 0.2) is 0 Å². The zero-order chi connectivity index (χ0) is 13.7. The SMILES string of the molecule is N#Cc1cccc(CC(CN)c2ccccc2Cl)c1. The maximum Gasteiger partial charge on any atom is 0.0991 e. The monoisotopic (exact) mass is 270 g/mol. The lowest BCUT2D eigenvalue weighted by molar-refractivity contribution is 0.694. The topological polar surface area (TPSA) is 49.8 Å². The van der Waals surface area contributed by atoms with Crippen LogP contribution in [0.2, 0.25) is 5.02 Å². The fourth-order valence-electron chi connectivity index (χ4n) is 2.18. The molecule has 0 amide bonds. The molecule has 0 aliphatic rings. The molecule has 1 unspecified atom stereocenters. The third-order valence-electron chi connectivity index (χ3n) is 3.17. The van der Waals surface area contributed by atoms with Crippen LogP contribution in [0, 0.1) is 11.3 Å². The van der Waals surface area contributed by atoms with Gasteiger partial charge in [-0.25, -0.2) is 0 Å². The first-order valence-corrected chi connectivity index (χ1v) is 6.56. The van der Waals surface area contributed by atoms with Crippen LogP contribution < -0.4 is 5.73 Å². The van der Waals surface area contributed by atoms with Crippen molar-refractivity contribution in [2.45, 2.75) is 12.3 Å². The van der Waals surface area contributed by atoms with E-state index in [1.807, 2.05) is 42.5 Å². The van der Waals surface area contributed by atoms with Gasteiger partial charge in [-0.3, -0.25) is 0 Å². The maximum absolute atomic E-state index is 8.92. The van der Waals surface area contributed by atoms with E-state index < -0.39 is 0 Å². The fourth-order valence-corrected chi connectivity index (χ4v) is 2.47. The summed E-state index contributed by atoms with van der Waals surface area (Å²) in [7, 11) is 0. The van der Waals surface area contributed by atoms with Gasteiger partial charge in [0.2, 0.25) is 0 Å². The van der Waals surface area contributed by atoms with Gasteiger partial charge in [0.25, 0.3) is 0 Å². The normalized spacial score (nSPS) is 11.8. The highest BCUT2D eigenvalue weighted by Crippen LogP contribution is 2.26. The van der Waals surface area contributed by atoms with E-state index >= 15 is 0 Å². The van der Waals surface area contributed by atoms with Crippen LogP contribution in [0.1, 0.15) is 22.6 Å². The van der Waals surface area contributed by atoms with Crippen LogP contribution in [0.25, 0.3) is 0 Å². The van der Waals surface area contributed by atoms with Crippen molar-refractivity contribution in [1.82, 2.24) is 0 Å². The molecule has 19 heavy (non-hydrogen) atoms. The first kappa shape index (κ1) is 13.6. The zero-order valence-corrected chi connectivity index (χ0v) is 11.3. The Morgan fingerprint density at radius 3 is 2.63 bits per heavy atom. The summed E-state index contributed by atoms with van der Waals surface area (Å²) >= 11 is 6.21. The van der Waals surface area contributed by atoms with Gasteiger partial charge in [0.05, 0.1) is 11.6 Å². The molecule has 2 rings (SSSR count). The molecule has 0 bridgehead atoms. The minimum atomic E-state index is 0.169. The maximum atomic E-state index is 8.92. The highest BCUT2D eigenvalue weighted by molar-refractivity contribution is 6.31. The van der Waals surface area contributed by atoms with Gasteiger partial charge in [-0.1, -0.05) is 41.9 Å². The second-order valence-electron chi connectivity index (χ2n) is 4.47. The Morgan fingerprint density at radius 2 is 1.95 bits per heavy atom. The minimum Gasteiger partial charge on any atom is -0.330 e. The van der Waals surface area contributed by atoms with E-state index in [1.54, 1.807) is 6.07 Å². The predicted octanol–water partition coefficient (Wildman–Crippen LogP) is 3.50. The first-order chi connectivity index (χ1) is 9.24. The highest BCUT2D eigenvalue weighted by Gasteiger charge is 2.13. The first-order valence-electron chi connectivity index (χ1n) is 6.18. The van der Waals surface area contributed by atoms with E-state index in [0.717, 1.165) is 22.6 Å². The molecule has 0 fully saturated rings. The summed E-state index contributed by atoms with van der Waals surface area (Å²) in [6, 6.07) is 17.5. The van der Waals surface area contributed by atoms with E-state index in [4.69, 9.17) is 22.6 Å². The van der Waals surface area contributed by atoms with Gasteiger partial charge in [0.1, 0.15) is 0 Å². The van der Waals surface area contributed by atoms with E-state index in [2.05, 4.69) is 6.07 Å². The molecule has 0 radical (unpaired) electrons. The average Bonchev–Trinajstić information content (AvgIpc) is 2.46. The molecule has 3 heteroatoms. The molecule has 0 saturated carbocycles. The molecule has 2 N–H and O–H groups in total. The summed E-state index contributed by atoms with van der Waals surface area (Å²) in [5.41, 5.74) is 8.71. The Labute approximate surface area is 118 Å². The second-order valence-corrected chi connectivity index (χ2v) is 4.88. The molecule has 0 aliphatic heterocycles. The van der Waals surface area contributed by atoms with Gasteiger partial charge in [-0.05, 0) is 42.3 Å². The molecule has 0 aromatic heterocycles. The van der Waals surface area contributed by atoms with Crippen molar-refractivity contribution in [1.29, 1.82) is 5.26 Å². The Hall–Kier alpha value is -1.82. The zero-order valence-electron chi connectivity index (χ0n) is 10.5. The highest BCUT2D eigenvalue weighted by atomic mass is 35.5. The number of nitrogens with zero attached hydrogens (tertiary/aromatic N) is 1. The van der Waals surface area contributed by atoms with Crippen molar-refractivity contribution in [3.05, 3.63) is 70.2 Å². The molecular formula is C16H15ClN2. The summed E-state index contributed by atoms with van der Waals surface area (Å²) < 4.78 is 0. The third-order valence-corrected chi connectivity index (χ3v) is 3.51. The van der Waals surface area contributed by atoms with Gasteiger partial charge >= 0.3 is 0 Å². The van der Waals surface area contributed by atoms with Gasteiger partial charge in [-0.15, -0.1) is 0 Å². The third kappa shape index (κ3) is 3.35. The van der Waals surface area contributed by atoms with Gasteiger partial charge < -0.3 is 5.73 Å². The van der Waals surface area contributed by atoms with E-state index in [-0.39, 0.29) is 5.92 Å². The summed E-state index contributed by atoms with van der Waals surface area (Å²) in [6.45, 7) is 0.528. The molecule has 0 aliphatic carbocycles. The lowest BCUT2D eigenvalue weighted by Crippen LogP contribution is -2.15. The van der Waals surface area contributed by atoms with Gasteiger partial charge in [-0.2, -0.15) is 5.26 Å². The lowest BCUT2D eigenvalue weighted by Gasteiger charge is -2.16. The molecule has 0 spiro atoms. The van der Waals surface area contributed by atoms with Crippen molar-refractivity contribution < 1.29 is 0 Å². The Kier molecular flexibility index (Phi) is 4.57. The number of hydrogen-bond donors (Lipinski definition) is 1. The molecule has 0 heterocycles. The van der Waals surface area contributed by atoms with E-state index in [1.165, 1.54) is 0 Å². The summed E-state index contributed by atoms with van der Waals surface area (Å²) in [5.74, 6) is 0.169. The van der Waals surface area contributed by atoms with Crippen LogP contribution in [-0.2, 0) is 6.42 Å². The quantitative estimate of drug-likeness (QED) is 0.924. The fraction of sp³-hybridized carbons (Fsp3) is 0.188. The molecule has 2 aromatic rings. The van der Waals surface area contributed by atoms with Gasteiger partial charge in [0, 0.05) is 10.9 Å². The molecule has 2 nitrogen and oxygen atoms in total. The molecular weight excluding hydrogens is 256 g/mol. The predicted molar refractivity (Wildman–Crippen MR) is 78.1 cm³/mol. The van der Waals surface area contributed by atoms with Crippen molar-refractivity contribution in [3.63, 3.8) is 0 Å². The molecule has 1 atom stereocenters. The standard InChI is InChI=1S/C16H15ClN2/c17-16-7-2-1-6-15(16)14(11-19)9-12-4-3-5-13(8-12)10-18/h1-8,14H,9,11,19H2. The number of hydrogen-bond acceptors (Lipinski definition) is 2. The number of benzene rings is 2. The van der Waals surface area contributed by atoms with Crippen LogP contribution in [0.3, 0.4) is 0 Å². The summed E-state index contributed by atoms with van der Waals surface area (Å²) in [6.07, 6.45) is 0.787. The van der Waals surface area contributed by atoms with Crippen LogP contribution in [0.4, 0.5) is 0 Å². The number of rotatable bonds is 4. The number of nitriles is 1. The largest absolute Gasteiger partial charge is 0.330 e. The van der Waals surface area contributed by atoms with Crippen LogP contribution in [-0.4, -0.2) is 6.54 Å². The Bertz CT molecular complexity index is 602. The Balaban J connectivity index is 2.24. The van der Waals surface area contributed by atoms with Crippen molar-refractivity contribution in [2.24, 2.45) is 5.73 Å². The second kappa shape index (κ2) is 6.38. The molecule has 96 valence electrons. The Morgan fingerprint density at radius 1 is 1.16 bits per heavy atom. The smallest absolute Gasteiger partial charge is 0.0991 e. The minimum absolute atomic E-state index is 0.169. The lowest BCUT2D eigenvalue weighted by atomic mass is 9.91. The summed E-state index contributed by atoms with van der Waals surface area (Å²) in [4.78, 5) is 0. The van der Waals surface area contributed by atoms with Crippen LogP contribution >= 0.6 is 11.6 Å². The van der Waals surface area contributed by atoms with Crippen LogP contribution in [0.5, 0.6) is 0 Å². The van der Waals surface area contributed by atoms with Crippen molar-refractivity contribution >= 4 is 11.6 Å². The summed E-state index contributed by atoms with van der Waals surface area (Å²) in [5, 5.41) is 9.66.